The summed E-state index contributed by atoms with van der Waals surface area (Å²) in [6.07, 6.45) is 1.25. The van der Waals surface area contributed by atoms with Gasteiger partial charge in [0, 0.05) is 18.8 Å². The molecule has 2 unspecified atom stereocenters. The normalized spacial score (nSPS) is 23.4. The van der Waals surface area contributed by atoms with Crippen molar-refractivity contribution < 1.29 is 4.79 Å². The van der Waals surface area contributed by atoms with Gasteiger partial charge in [-0.15, -0.1) is 11.8 Å². The number of thioether (sulfide) groups is 1. The van der Waals surface area contributed by atoms with Gasteiger partial charge in [-0.25, -0.2) is 0 Å². The smallest absolute Gasteiger partial charge is 0.232 e. The molecule has 2 rings (SSSR count). The van der Waals surface area contributed by atoms with Crippen molar-refractivity contribution in [3.05, 3.63) is 35.9 Å². The molecular formula is C16H23NOS. The molecule has 1 heterocycles. The summed E-state index contributed by atoms with van der Waals surface area (Å²) in [5.41, 5.74) is 1.29. The first-order valence-electron chi connectivity index (χ1n) is 7.04. The van der Waals surface area contributed by atoms with Crippen molar-refractivity contribution in [1.82, 2.24) is 4.90 Å². The Kier molecular flexibility index (Phi) is 5.32. The molecule has 0 N–H and O–H groups in total. The molecule has 0 spiro atoms. The summed E-state index contributed by atoms with van der Waals surface area (Å²) in [6.45, 7) is 6.37. The molecule has 2 nitrogen and oxygen atoms in total. The van der Waals surface area contributed by atoms with Gasteiger partial charge in [0.05, 0.1) is 5.75 Å². The van der Waals surface area contributed by atoms with Gasteiger partial charge in [-0.3, -0.25) is 4.79 Å². The molecule has 3 heteroatoms. The molecule has 2 atom stereocenters. The Bertz CT molecular complexity index is 396. The SMILES string of the molecule is CC1CC(C)CN(C(=O)CSCc2ccccc2)C1. The van der Waals surface area contributed by atoms with Crippen LogP contribution < -0.4 is 0 Å². The Morgan fingerprint density at radius 1 is 1.21 bits per heavy atom. The van der Waals surface area contributed by atoms with E-state index in [4.69, 9.17) is 0 Å². The van der Waals surface area contributed by atoms with E-state index < -0.39 is 0 Å². The number of hydrogen-bond donors (Lipinski definition) is 0. The second-order valence-corrected chi connectivity index (χ2v) is 6.71. The molecule has 0 bridgehead atoms. The summed E-state index contributed by atoms with van der Waals surface area (Å²) in [6, 6.07) is 10.3. The highest BCUT2D eigenvalue weighted by Crippen LogP contribution is 2.22. The average molecular weight is 277 g/mol. The molecule has 1 amide bonds. The van der Waals surface area contributed by atoms with Gasteiger partial charge >= 0.3 is 0 Å². The van der Waals surface area contributed by atoms with E-state index in [1.807, 2.05) is 18.2 Å². The number of rotatable bonds is 4. The number of hydrogen-bond acceptors (Lipinski definition) is 2. The highest BCUT2D eigenvalue weighted by atomic mass is 32.2. The van der Waals surface area contributed by atoms with E-state index in [0.29, 0.717) is 23.5 Å². The van der Waals surface area contributed by atoms with Crippen molar-refractivity contribution in [2.24, 2.45) is 11.8 Å². The van der Waals surface area contributed by atoms with Crippen molar-refractivity contribution in [3.8, 4) is 0 Å². The maximum Gasteiger partial charge on any atom is 0.232 e. The van der Waals surface area contributed by atoms with Crippen LogP contribution >= 0.6 is 11.8 Å². The minimum Gasteiger partial charge on any atom is -0.341 e. The third-order valence-electron chi connectivity index (χ3n) is 3.56. The van der Waals surface area contributed by atoms with Gasteiger partial charge in [-0.2, -0.15) is 0 Å². The summed E-state index contributed by atoms with van der Waals surface area (Å²) in [5, 5.41) is 0. The van der Waals surface area contributed by atoms with Crippen LogP contribution in [0.4, 0.5) is 0 Å². The van der Waals surface area contributed by atoms with Crippen LogP contribution in [0.1, 0.15) is 25.8 Å². The van der Waals surface area contributed by atoms with E-state index >= 15 is 0 Å². The number of nitrogens with zero attached hydrogens (tertiary/aromatic N) is 1. The molecule has 104 valence electrons. The fraction of sp³-hybridized carbons (Fsp3) is 0.562. The van der Waals surface area contributed by atoms with Gasteiger partial charge < -0.3 is 4.90 Å². The van der Waals surface area contributed by atoms with Gasteiger partial charge in [0.2, 0.25) is 5.91 Å². The van der Waals surface area contributed by atoms with Crippen molar-refractivity contribution in [3.63, 3.8) is 0 Å². The highest BCUT2D eigenvalue weighted by Gasteiger charge is 2.24. The Morgan fingerprint density at radius 2 is 1.84 bits per heavy atom. The summed E-state index contributed by atoms with van der Waals surface area (Å²) >= 11 is 1.72. The van der Waals surface area contributed by atoms with E-state index in [-0.39, 0.29) is 0 Å². The molecule has 19 heavy (non-hydrogen) atoms. The predicted octanol–water partition coefficient (Wildman–Crippen LogP) is 3.42. The largest absolute Gasteiger partial charge is 0.341 e. The first-order valence-corrected chi connectivity index (χ1v) is 8.20. The second-order valence-electron chi connectivity index (χ2n) is 5.72. The average Bonchev–Trinajstić information content (AvgIpc) is 2.38. The standard InChI is InChI=1S/C16H23NOS/c1-13-8-14(2)10-17(9-13)16(18)12-19-11-15-6-4-3-5-7-15/h3-7,13-14H,8-12H2,1-2H3. The molecule has 1 aliphatic rings. The van der Waals surface area contributed by atoms with E-state index in [0.717, 1.165) is 18.8 Å². The molecule has 0 radical (unpaired) electrons. The van der Waals surface area contributed by atoms with Crippen LogP contribution in [0.15, 0.2) is 30.3 Å². The topological polar surface area (TPSA) is 20.3 Å². The van der Waals surface area contributed by atoms with Gasteiger partial charge in [-0.1, -0.05) is 44.2 Å². The highest BCUT2D eigenvalue weighted by molar-refractivity contribution is 7.99. The molecule has 0 aromatic heterocycles. The monoisotopic (exact) mass is 277 g/mol. The fourth-order valence-electron chi connectivity index (χ4n) is 2.79. The number of benzene rings is 1. The van der Waals surface area contributed by atoms with Crippen LogP contribution in [0.25, 0.3) is 0 Å². The Balaban J connectivity index is 1.75. The lowest BCUT2D eigenvalue weighted by atomic mass is 9.92. The molecule has 1 saturated heterocycles. The molecule has 1 aliphatic heterocycles. The van der Waals surface area contributed by atoms with Gasteiger partial charge in [0.15, 0.2) is 0 Å². The minimum atomic E-state index is 0.305. The molecule has 1 aromatic rings. The van der Waals surface area contributed by atoms with E-state index in [9.17, 15) is 4.79 Å². The van der Waals surface area contributed by atoms with Crippen LogP contribution in [0, 0.1) is 11.8 Å². The van der Waals surface area contributed by atoms with Crippen molar-refractivity contribution in [2.45, 2.75) is 26.0 Å². The van der Waals surface area contributed by atoms with Crippen molar-refractivity contribution >= 4 is 17.7 Å². The van der Waals surface area contributed by atoms with Crippen molar-refractivity contribution in [1.29, 1.82) is 0 Å². The molecule has 1 fully saturated rings. The van der Waals surface area contributed by atoms with E-state index in [2.05, 4.69) is 30.9 Å². The quantitative estimate of drug-likeness (QED) is 0.840. The van der Waals surface area contributed by atoms with Crippen LogP contribution in [0.3, 0.4) is 0 Å². The Morgan fingerprint density at radius 3 is 2.47 bits per heavy atom. The summed E-state index contributed by atoms with van der Waals surface area (Å²) in [7, 11) is 0. The van der Waals surface area contributed by atoms with Gasteiger partial charge in [0.25, 0.3) is 0 Å². The molecular weight excluding hydrogens is 254 g/mol. The summed E-state index contributed by atoms with van der Waals surface area (Å²) < 4.78 is 0. The lowest BCUT2D eigenvalue weighted by molar-refractivity contribution is -0.130. The second kappa shape index (κ2) is 6.99. The van der Waals surface area contributed by atoms with Crippen LogP contribution in [-0.4, -0.2) is 29.6 Å². The first-order chi connectivity index (χ1) is 9.15. The van der Waals surface area contributed by atoms with Crippen LogP contribution in [-0.2, 0) is 10.5 Å². The minimum absolute atomic E-state index is 0.305. The zero-order valence-electron chi connectivity index (χ0n) is 11.8. The number of amides is 1. The number of carbonyl (C=O) groups is 1. The molecule has 0 aliphatic carbocycles. The maximum absolute atomic E-state index is 12.2. The first kappa shape index (κ1) is 14.4. The summed E-state index contributed by atoms with van der Waals surface area (Å²) in [4.78, 5) is 14.2. The molecule has 1 aromatic carbocycles. The lowest BCUT2D eigenvalue weighted by Crippen LogP contribution is -2.43. The Hall–Kier alpha value is -0.960. The number of carbonyl (C=O) groups excluding carboxylic acids is 1. The number of likely N-dealkylation sites (tertiary alicyclic amines) is 1. The van der Waals surface area contributed by atoms with Gasteiger partial charge in [0.1, 0.15) is 0 Å². The van der Waals surface area contributed by atoms with Crippen LogP contribution in [0.5, 0.6) is 0 Å². The predicted molar refractivity (Wildman–Crippen MR) is 82.1 cm³/mol. The third-order valence-corrected chi connectivity index (χ3v) is 4.55. The number of piperidine rings is 1. The lowest BCUT2D eigenvalue weighted by Gasteiger charge is -2.35. The zero-order chi connectivity index (χ0) is 13.7. The van der Waals surface area contributed by atoms with E-state index in [1.54, 1.807) is 11.8 Å². The molecule has 0 saturated carbocycles. The fourth-order valence-corrected chi connectivity index (χ4v) is 3.68. The van der Waals surface area contributed by atoms with Crippen LogP contribution in [0.2, 0.25) is 0 Å². The zero-order valence-corrected chi connectivity index (χ0v) is 12.7. The maximum atomic E-state index is 12.2. The Labute approximate surface area is 120 Å². The van der Waals surface area contributed by atoms with Crippen molar-refractivity contribution in [2.75, 3.05) is 18.8 Å². The summed E-state index contributed by atoms with van der Waals surface area (Å²) in [5.74, 6) is 3.12. The third kappa shape index (κ3) is 4.57. The van der Waals surface area contributed by atoms with E-state index in [1.165, 1.54) is 12.0 Å². The van der Waals surface area contributed by atoms with Gasteiger partial charge in [-0.05, 0) is 23.8 Å².